The van der Waals surface area contributed by atoms with Gasteiger partial charge in [-0.2, -0.15) is 0 Å². The molecular formula is C17H25NO3S. The second-order valence-corrected chi connectivity index (χ2v) is 6.73. The largest absolute Gasteiger partial charge is 0.387 e. The number of morpholine rings is 1. The summed E-state index contributed by atoms with van der Waals surface area (Å²) >= 11 is 1.54. The van der Waals surface area contributed by atoms with Crippen molar-refractivity contribution in [2.75, 3.05) is 19.8 Å². The highest BCUT2D eigenvalue weighted by Crippen LogP contribution is 2.27. The molecule has 5 heteroatoms. The lowest BCUT2D eigenvalue weighted by atomic mass is 10.0. The highest BCUT2D eigenvalue weighted by Gasteiger charge is 2.30. The number of nitrogens with zero attached hydrogens (tertiary/aromatic N) is 1. The molecule has 2 unspecified atom stereocenters. The minimum Gasteiger partial charge on any atom is -0.387 e. The van der Waals surface area contributed by atoms with E-state index in [0.717, 1.165) is 22.4 Å². The Hall–Kier alpha value is -1.17. The molecular weight excluding hydrogens is 298 g/mol. The van der Waals surface area contributed by atoms with E-state index in [1.54, 1.807) is 11.3 Å². The Morgan fingerprint density at radius 1 is 1.55 bits per heavy atom. The fourth-order valence-electron chi connectivity index (χ4n) is 2.64. The molecule has 2 heterocycles. The van der Waals surface area contributed by atoms with Gasteiger partial charge in [-0.1, -0.05) is 18.6 Å². The van der Waals surface area contributed by atoms with Gasteiger partial charge >= 0.3 is 0 Å². The first kappa shape index (κ1) is 17.2. The summed E-state index contributed by atoms with van der Waals surface area (Å²) < 4.78 is 5.53. The van der Waals surface area contributed by atoms with Crippen LogP contribution in [0.5, 0.6) is 0 Å². The monoisotopic (exact) mass is 323 g/mol. The zero-order chi connectivity index (χ0) is 16.1. The molecule has 1 aliphatic rings. The van der Waals surface area contributed by atoms with Gasteiger partial charge in [0.2, 0.25) is 5.91 Å². The van der Waals surface area contributed by atoms with Crippen molar-refractivity contribution in [3.63, 3.8) is 0 Å². The van der Waals surface area contributed by atoms with Gasteiger partial charge in [0.15, 0.2) is 0 Å². The van der Waals surface area contributed by atoms with Crippen LogP contribution in [-0.4, -0.2) is 41.7 Å². The van der Waals surface area contributed by atoms with E-state index in [-0.39, 0.29) is 11.9 Å². The predicted octanol–water partition coefficient (Wildman–Crippen LogP) is 3.15. The molecule has 122 valence electrons. The normalized spacial score (nSPS) is 21.5. The average molecular weight is 323 g/mol. The third-order valence-electron chi connectivity index (χ3n) is 4.35. The van der Waals surface area contributed by atoms with Crippen LogP contribution in [-0.2, 0) is 9.53 Å². The van der Waals surface area contributed by atoms with E-state index < -0.39 is 6.10 Å². The van der Waals surface area contributed by atoms with Crippen LogP contribution in [0.2, 0.25) is 0 Å². The molecule has 2 rings (SSSR count). The maximum Gasteiger partial charge on any atom is 0.249 e. The number of hydrogen-bond donors (Lipinski definition) is 1. The van der Waals surface area contributed by atoms with Crippen molar-refractivity contribution in [2.45, 2.75) is 45.8 Å². The molecule has 0 aromatic carbocycles. The molecule has 1 aliphatic heterocycles. The van der Waals surface area contributed by atoms with Crippen LogP contribution in [0, 0.1) is 0 Å². The van der Waals surface area contributed by atoms with Gasteiger partial charge in [-0.15, -0.1) is 11.3 Å². The molecule has 1 aromatic heterocycles. The lowest BCUT2D eigenvalue weighted by Gasteiger charge is -2.37. The Morgan fingerprint density at radius 3 is 2.95 bits per heavy atom. The van der Waals surface area contributed by atoms with Gasteiger partial charge in [0.05, 0.1) is 25.4 Å². The molecule has 4 nitrogen and oxygen atoms in total. The fourth-order valence-corrected chi connectivity index (χ4v) is 3.36. The molecule has 0 saturated carbocycles. The smallest absolute Gasteiger partial charge is 0.249 e. The summed E-state index contributed by atoms with van der Waals surface area (Å²) in [5.74, 6) is 0.0750. The lowest BCUT2D eigenvalue weighted by Crippen LogP contribution is -2.49. The van der Waals surface area contributed by atoms with Crippen molar-refractivity contribution in [1.82, 2.24) is 4.90 Å². The van der Waals surface area contributed by atoms with Gasteiger partial charge in [0, 0.05) is 23.4 Å². The molecule has 1 aromatic rings. The number of rotatable bonds is 5. The third-order valence-corrected chi connectivity index (χ3v) is 5.32. The van der Waals surface area contributed by atoms with E-state index in [2.05, 4.69) is 6.92 Å². The number of allylic oxidation sites excluding steroid dienone is 1. The molecule has 0 spiro atoms. The quantitative estimate of drug-likeness (QED) is 0.847. The third kappa shape index (κ3) is 3.97. The number of aliphatic hydroxyl groups excluding tert-OH is 1. The van der Waals surface area contributed by atoms with Crippen LogP contribution in [0.25, 0.3) is 0 Å². The van der Waals surface area contributed by atoms with Crippen molar-refractivity contribution < 1.29 is 14.6 Å². The lowest BCUT2D eigenvalue weighted by molar-refractivity contribution is -0.136. The number of ether oxygens (including phenoxy) is 1. The Bertz CT molecular complexity index is 524. The molecule has 1 fully saturated rings. The Balaban J connectivity index is 2.09. The van der Waals surface area contributed by atoms with E-state index in [0.29, 0.717) is 26.2 Å². The van der Waals surface area contributed by atoms with Gasteiger partial charge in [0.25, 0.3) is 0 Å². The number of amides is 1. The number of carbonyl (C=O) groups is 1. The summed E-state index contributed by atoms with van der Waals surface area (Å²) in [5.41, 5.74) is 1.94. The molecule has 0 radical (unpaired) electrons. The summed E-state index contributed by atoms with van der Waals surface area (Å²) in [6.45, 7) is 7.60. The predicted molar refractivity (Wildman–Crippen MR) is 88.9 cm³/mol. The first-order valence-corrected chi connectivity index (χ1v) is 8.69. The second kappa shape index (κ2) is 7.90. The fraction of sp³-hybridized carbons (Fsp3) is 0.588. The molecule has 0 aliphatic carbocycles. The number of hydrogen-bond acceptors (Lipinski definition) is 4. The molecule has 2 atom stereocenters. The zero-order valence-electron chi connectivity index (χ0n) is 13.5. The van der Waals surface area contributed by atoms with Crippen molar-refractivity contribution in [3.05, 3.63) is 33.5 Å². The van der Waals surface area contributed by atoms with Crippen LogP contribution in [0.3, 0.4) is 0 Å². The number of carbonyl (C=O) groups excluding carboxylic acids is 1. The van der Waals surface area contributed by atoms with E-state index >= 15 is 0 Å². The minimum absolute atomic E-state index is 0.0713. The van der Waals surface area contributed by atoms with Gasteiger partial charge in [-0.05, 0) is 31.7 Å². The molecule has 1 N–H and O–H groups in total. The van der Waals surface area contributed by atoms with Crippen LogP contribution < -0.4 is 0 Å². The van der Waals surface area contributed by atoms with E-state index in [1.807, 2.05) is 36.3 Å². The maximum atomic E-state index is 12.7. The summed E-state index contributed by atoms with van der Waals surface area (Å²) in [4.78, 5) is 15.5. The maximum absolute atomic E-state index is 12.7. The summed E-state index contributed by atoms with van der Waals surface area (Å²) in [5, 5.41) is 12.3. The average Bonchev–Trinajstić information content (AvgIpc) is 3.07. The molecule has 1 saturated heterocycles. The SMILES string of the molecule is CC/C(C)=C(/C)C(=O)N1CCOCC1CC(O)c1cccs1. The topological polar surface area (TPSA) is 49.8 Å². The van der Waals surface area contributed by atoms with Crippen LogP contribution in [0.4, 0.5) is 0 Å². The van der Waals surface area contributed by atoms with Crippen LogP contribution >= 0.6 is 11.3 Å². The minimum atomic E-state index is -0.543. The van der Waals surface area contributed by atoms with E-state index in [4.69, 9.17) is 4.74 Å². The Morgan fingerprint density at radius 2 is 2.32 bits per heavy atom. The second-order valence-electron chi connectivity index (χ2n) is 5.75. The van der Waals surface area contributed by atoms with E-state index in [1.165, 1.54) is 0 Å². The van der Waals surface area contributed by atoms with E-state index in [9.17, 15) is 9.90 Å². The first-order chi connectivity index (χ1) is 10.5. The molecule has 1 amide bonds. The standard InChI is InChI=1S/C17H25NO3S/c1-4-12(2)13(3)17(20)18-7-8-21-11-14(18)10-15(19)16-6-5-9-22-16/h5-6,9,14-15,19H,4,7-8,10-11H2,1-3H3/b13-12-. The Labute approximate surface area is 136 Å². The van der Waals surface area contributed by atoms with Gasteiger partial charge in [0.1, 0.15) is 0 Å². The van der Waals surface area contributed by atoms with Crippen molar-refractivity contribution in [1.29, 1.82) is 0 Å². The molecule has 0 bridgehead atoms. The van der Waals surface area contributed by atoms with Crippen molar-refractivity contribution in [3.8, 4) is 0 Å². The summed E-state index contributed by atoms with van der Waals surface area (Å²) in [6.07, 6.45) is 0.855. The summed E-state index contributed by atoms with van der Waals surface area (Å²) in [7, 11) is 0. The van der Waals surface area contributed by atoms with Crippen molar-refractivity contribution in [2.24, 2.45) is 0 Å². The van der Waals surface area contributed by atoms with Gasteiger partial charge in [-0.3, -0.25) is 4.79 Å². The highest BCUT2D eigenvalue weighted by atomic mass is 32.1. The Kier molecular flexibility index (Phi) is 6.17. The number of thiophene rings is 1. The zero-order valence-corrected chi connectivity index (χ0v) is 14.4. The number of aliphatic hydroxyl groups is 1. The van der Waals surface area contributed by atoms with Crippen LogP contribution in [0.15, 0.2) is 28.7 Å². The van der Waals surface area contributed by atoms with Crippen molar-refractivity contribution >= 4 is 17.2 Å². The van der Waals surface area contributed by atoms with Crippen LogP contribution in [0.1, 0.15) is 44.6 Å². The first-order valence-electron chi connectivity index (χ1n) is 7.81. The molecule has 22 heavy (non-hydrogen) atoms. The highest BCUT2D eigenvalue weighted by molar-refractivity contribution is 7.10. The summed E-state index contributed by atoms with van der Waals surface area (Å²) in [6, 6.07) is 3.79. The van der Waals surface area contributed by atoms with Gasteiger partial charge < -0.3 is 14.7 Å². The van der Waals surface area contributed by atoms with Gasteiger partial charge in [-0.25, -0.2) is 0 Å².